The molecule has 0 unspecified atom stereocenters. The number of rotatable bonds is 9. The predicted molar refractivity (Wildman–Crippen MR) is 124 cm³/mol. The van der Waals surface area contributed by atoms with Crippen LogP contribution in [-0.2, 0) is 25.3 Å². The average Bonchev–Trinajstić information content (AvgIpc) is 2.80. The number of amides is 1. The molecule has 7 nitrogen and oxygen atoms in total. The third-order valence-corrected chi connectivity index (χ3v) is 7.38. The van der Waals surface area contributed by atoms with Gasteiger partial charge in [-0.15, -0.1) is 0 Å². The maximum atomic E-state index is 12.7. The molecule has 0 atom stereocenters. The number of sulfonamides is 1. The number of piperidine rings is 1. The Balaban J connectivity index is 1.48. The van der Waals surface area contributed by atoms with Crippen molar-refractivity contribution in [1.29, 1.82) is 0 Å². The Morgan fingerprint density at radius 2 is 1.69 bits per heavy atom. The van der Waals surface area contributed by atoms with Crippen LogP contribution in [0.15, 0.2) is 54.6 Å². The number of nitrogens with zero attached hydrogens (tertiary/aromatic N) is 1. The number of carbonyl (C=O) groups is 2. The van der Waals surface area contributed by atoms with Gasteiger partial charge in [-0.3, -0.25) is 4.79 Å². The van der Waals surface area contributed by atoms with E-state index in [1.807, 2.05) is 25.1 Å². The summed E-state index contributed by atoms with van der Waals surface area (Å²) in [5.41, 5.74) is 1.79. The zero-order chi connectivity index (χ0) is 23.0. The average molecular weight is 459 g/mol. The van der Waals surface area contributed by atoms with Gasteiger partial charge in [0.2, 0.25) is 15.9 Å². The van der Waals surface area contributed by atoms with Crippen LogP contribution in [0.3, 0.4) is 0 Å². The summed E-state index contributed by atoms with van der Waals surface area (Å²) >= 11 is 0. The van der Waals surface area contributed by atoms with Gasteiger partial charge < -0.3 is 10.1 Å². The largest absolute Gasteiger partial charge is 0.462 e. The normalized spacial score (nSPS) is 15.3. The topological polar surface area (TPSA) is 92.8 Å². The van der Waals surface area contributed by atoms with Crippen LogP contribution in [0.5, 0.6) is 0 Å². The third-order valence-electron chi connectivity index (χ3n) is 5.53. The standard InChI is InChI=1S/C24H30N2O5S/c1-2-3-17-31-24(28)21-9-11-22(12-10-21)25-23(27)20-13-15-26(16-14-20)32(29,30)18-19-7-5-4-6-8-19/h4-12,20H,2-3,13-18H2,1H3,(H,25,27). The molecular weight excluding hydrogens is 428 g/mol. The maximum absolute atomic E-state index is 12.7. The van der Waals surface area contributed by atoms with Gasteiger partial charge in [-0.25, -0.2) is 17.5 Å². The molecule has 32 heavy (non-hydrogen) atoms. The van der Waals surface area contributed by atoms with Crippen LogP contribution in [0, 0.1) is 5.92 Å². The first-order valence-electron chi connectivity index (χ1n) is 11.0. The summed E-state index contributed by atoms with van der Waals surface area (Å²) < 4.78 is 32.0. The molecule has 1 N–H and O–H groups in total. The highest BCUT2D eigenvalue weighted by molar-refractivity contribution is 7.88. The summed E-state index contributed by atoms with van der Waals surface area (Å²) in [5, 5.41) is 2.86. The zero-order valence-corrected chi connectivity index (χ0v) is 19.1. The van der Waals surface area contributed by atoms with Crippen LogP contribution in [-0.4, -0.2) is 44.3 Å². The molecule has 1 saturated heterocycles. The minimum absolute atomic E-state index is 0.0298. The van der Waals surface area contributed by atoms with Gasteiger partial charge in [-0.05, 0) is 49.1 Å². The number of unbranched alkanes of at least 4 members (excludes halogenated alkanes) is 1. The molecule has 0 bridgehead atoms. The number of ether oxygens (including phenoxy) is 1. The molecule has 8 heteroatoms. The summed E-state index contributed by atoms with van der Waals surface area (Å²) in [6.07, 6.45) is 2.73. The van der Waals surface area contributed by atoms with Gasteiger partial charge in [0.15, 0.2) is 0 Å². The molecule has 2 aromatic rings. The lowest BCUT2D eigenvalue weighted by atomic mass is 9.97. The Morgan fingerprint density at radius 1 is 1.03 bits per heavy atom. The van der Waals surface area contributed by atoms with Crippen molar-refractivity contribution in [3.8, 4) is 0 Å². The van der Waals surface area contributed by atoms with Crippen molar-refractivity contribution in [2.24, 2.45) is 5.92 Å². The Bertz CT molecular complexity index is 998. The summed E-state index contributed by atoms with van der Waals surface area (Å²) in [5.74, 6) is -0.793. The fourth-order valence-corrected chi connectivity index (χ4v) is 5.16. The fourth-order valence-electron chi connectivity index (χ4n) is 3.60. The van der Waals surface area contributed by atoms with Crippen LogP contribution in [0.4, 0.5) is 5.69 Å². The summed E-state index contributed by atoms with van der Waals surface area (Å²) in [6, 6.07) is 15.7. The lowest BCUT2D eigenvalue weighted by Crippen LogP contribution is -2.41. The highest BCUT2D eigenvalue weighted by atomic mass is 32.2. The van der Waals surface area contributed by atoms with Crippen molar-refractivity contribution in [3.05, 3.63) is 65.7 Å². The van der Waals surface area contributed by atoms with Crippen LogP contribution >= 0.6 is 0 Å². The van der Waals surface area contributed by atoms with E-state index in [4.69, 9.17) is 4.74 Å². The first kappa shape index (κ1) is 23.9. The number of anilines is 1. The molecular formula is C24H30N2O5S. The van der Waals surface area contributed by atoms with Gasteiger partial charge in [0, 0.05) is 24.7 Å². The Kier molecular flexibility index (Phi) is 8.41. The lowest BCUT2D eigenvalue weighted by Gasteiger charge is -2.30. The monoisotopic (exact) mass is 458 g/mol. The van der Waals surface area contributed by atoms with E-state index < -0.39 is 10.0 Å². The van der Waals surface area contributed by atoms with E-state index >= 15 is 0 Å². The van der Waals surface area contributed by atoms with Crippen molar-refractivity contribution >= 4 is 27.6 Å². The molecule has 0 saturated carbocycles. The van der Waals surface area contributed by atoms with Gasteiger partial charge in [0.25, 0.3) is 0 Å². The lowest BCUT2D eigenvalue weighted by molar-refractivity contribution is -0.120. The second-order valence-electron chi connectivity index (χ2n) is 7.97. The summed E-state index contributed by atoms with van der Waals surface area (Å²) in [6.45, 7) is 3.08. The SMILES string of the molecule is CCCCOC(=O)c1ccc(NC(=O)C2CCN(S(=O)(=O)Cc3ccccc3)CC2)cc1. The first-order chi connectivity index (χ1) is 15.4. The van der Waals surface area contributed by atoms with Gasteiger partial charge in [-0.1, -0.05) is 43.7 Å². The smallest absolute Gasteiger partial charge is 0.338 e. The molecule has 172 valence electrons. The van der Waals surface area contributed by atoms with E-state index in [-0.39, 0.29) is 23.5 Å². The number of nitrogens with one attached hydrogen (secondary N) is 1. The van der Waals surface area contributed by atoms with Crippen molar-refractivity contribution in [2.75, 3.05) is 25.0 Å². The third kappa shape index (κ3) is 6.64. The molecule has 0 spiro atoms. The highest BCUT2D eigenvalue weighted by Gasteiger charge is 2.31. The molecule has 1 fully saturated rings. The summed E-state index contributed by atoms with van der Waals surface area (Å²) in [4.78, 5) is 24.6. The predicted octanol–water partition coefficient (Wildman–Crippen LogP) is 3.82. The first-order valence-corrected chi connectivity index (χ1v) is 12.6. The van der Waals surface area contributed by atoms with E-state index in [1.54, 1.807) is 36.4 Å². The van der Waals surface area contributed by atoms with E-state index in [0.717, 1.165) is 18.4 Å². The zero-order valence-electron chi connectivity index (χ0n) is 18.3. The number of carbonyl (C=O) groups excluding carboxylic acids is 2. The molecule has 3 rings (SSSR count). The molecule has 1 aliphatic heterocycles. The van der Waals surface area contributed by atoms with Crippen LogP contribution < -0.4 is 5.32 Å². The number of benzene rings is 2. The molecule has 0 aliphatic carbocycles. The summed E-state index contributed by atoms with van der Waals surface area (Å²) in [7, 11) is -3.41. The van der Waals surface area contributed by atoms with E-state index in [2.05, 4.69) is 5.32 Å². The Labute approximate surface area is 189 Å². The number of hydrogen-bond acceptors (Lipinski definition) is 5. The quantitative estimate of drug-likeness (QED) is 0.455. The van der Waals surface area contributed by atoms with Gasteiger partial charge in [-0.2, -0.15) is 0 Å². The fraction of sp³-hybridized carbons (Fsp3) is 0.417. The Hall–Kier alpha value is -2.71. The molecule has 1 aliphatic rings. The van der Waals surface area contributed by atoms with E-state index in [0.29, 0.717) is 43.8 Å². The van der Waals surface area contributed by atoms with E-state index in [1.165, 1.54) is 4.31 Å². The van der Waals surface area contributed by atoms with Crippen LogP contribution in [0.1, 0.15) is 48.5 Å². The highest BCUT2D eigenvalue weighted by Crippen LogP contribution is 2.23. The number of esters is 1. The van der Waals surface area contributed by atoms with Crippen molar-refractivity contribution in [2.45, 2.75) is 38.4 Å². The van der Waals surface area contributed by atoms with Crippen LogP contribution in [0.25, 0.3) is 0 Å². The van der Waals surface area contributed by atoms with E-state index in [9.17, 15) is 18.0 Å². The molecule has 0 aromatic heterocycles. The van der Waals surface area contributed by atoms with Gasteiger partial charge in [0.05, 0.1) is 17.9 Å². The van der Waals surface area contributed by atoms with Crippen molar-refractivity contribution in [3.63, 3.8) is 0 Å². The van der Waals surface area contributed by atoms with Gasteiger partial charge in [0.1, 0.15) is 0 Å². The second kappa shape index (κ2) is 11.2. The molecule has 1 heterocycles. The number of hydrogen-bond donors (Lipinski definition) is 1. The van der Waals surface area contributed by atoms with Crippen LogP contribution in [0.2, 0.25) is 0 Å². The minimum atomic E-state index is -3.41. The maximum Gasteiger partial charge on any atom is 0.338 e. The molecule has 1 amide bonds. The molecule has 0 radical (unpaired) electrons. The minimum Gasteiger partial charge on any atom is -0.462 e. The second-order valence-corrected chi connectivity index (χ2v) is 9.94. The van der Waals surface area contributed by atoms with Crippen molar-refractivity contribution < 1.29 is 22.7 Å². The van der Waals surface area contributed by atoms with Crippen molar-refractivity contribution in [1.82, 2.24) is 4.31 Å². The molecule has 2 aromatic carbocycles. The van der Waals surface area contributed by atoms with Gasteiger partial charge >= 0.3 is 5.97 Å². The Morgan fingerprint density at radius 3 is 2.31 bits per heavy atom.